The first kappa shape index (κ1) is 14.1. The third kappa shape index (κ3) is 3.24. The van der Waals surface area contributed by atoms with Gasteiger partial charge in [0.2, 0.25) is 0 Å². The summed E-state index contributed by atoms with van der Waals surface area (Å²) in [6.07, 6.45) is 8.49. The van der Waals surface area contributed by atoms with E-state index in [0.717, 1.165) is 35.2 Å². The predicted octanol–water partition coefficient (Wildman–Crippen LogP) is 2.20. The quantitative estimate of drug-likeness (QED) is 0.884. The van der Waals surface area contributed by atoms with Crippen LogP contribution in [0.4, 0.5) is 0 Å². The van der Waals surface area contributed by atoms with Gasteiger partial charge >= 0.3 is 0 Å². The Morgan fingerprint density at radius 3 is 2.86 bits per heavy atom. The van der Waals surface area contributed by atoms with Gasteiger partial charge in [0.15, 0.2) is 0 Å². The van der Waals surface area contributed by atoms with E-state index in [9.17, 15) is 0 Å². The molecule has 2 heterocycles. The summed E-state index contributed by atoms with van der Waals surface area (Å²) < 4.78 is 7.39. The molecule has 1 fully saturated rings. The highest BCUT2D eigenvalue weighted by molar-refractivity contribution is 5.41. The summed E-state index contributed by atoms with van der Waals surface area (Å²) in [6, 6.07) is 0.721. The number of methoxy groups -OCH3 is 1. The molecule has 0 saturated heterocycles. The van der Waals surface area contributed by atoms with E-state index in [0.29, 0.717) is 6.54 Å². The molecule has 3 rings (SSSR count). The lowest BCUT2D eigenvalue weighted by molar-refractivity contribution is 0.406. The SMILES string of the molecule is COc1c(C)cnc(Cn2cc(CNC3CC3)cn2)c1C. The number of rotatable bonds is 6. The van der Waals surface area contributed by atoms with Crippen LogP contribution in [-0.2, 0) is 13.1 Å². The summed E-state index contributed by atoms with van der Waals surface area (Å²) in [6.45, 7) is 5.63. The molecular formula is C16H22N4O. The number of hydrogen-bond donors (Lipinski definition) is 1. The van der Waals surface area contributed by atoms with Crippen LogP contribution in [0, 0.1) is 13.8 Å². The Balaban J connectivity index is 1.71. The lowest BCUT2D eigenvalue weighted by atomic mass is 10.1. The second kappa shape index (κ2) is 5.85. The summed E-state index contributed by atoms with van der Waals surface area (Å²) >= 11 is 0. The van der Waals surface area contributed by atoms with Crippen molar-refractivity contribution in [3.05, 3.63) is 41.0 Å². The van der Waals surface area contributed by atoms with Crippen LogP contribution in [0.2, 0.25) is 0 Å². The largest absolute Gasteiger partial charge is 0.496 e. The number of hydrogen-bond acceptors (Lipinski definition) is 4. The highest BCUT2D eigenvalue weighted by atomic mass is 16.5. The normalized spacial score (nSPS) is 14.4. The summed E-state index contributed by atoms with van der Waals surface area (Å²) in [4.78, 5) is 4.52. The van der Waals surface area contributed by atoms with E-state index >= 15 is 0 Å². The van der Waals surface area contributed by atoms with Crippen LogP contribution in [0.15, 0.2) is 18.6 Å². The first-order valence-electron chi connectivity index (χ1n) is 7.41. The Morgan fingerprint density at radius 1 is 1.33 bits per heavy atom. The van der Waals surface area contributed by atoms with E-state index in [1.807, 2.05) is 30.9 Å². The molecule has 0 radical (unpaired) electrons. The molecule has 1 aliphatic carbocycles. The fraction of sp³-hybridized carbons (Fsp3) is 0.500. The van der Waals surface area contributed by atoms with Crippen molar-refractivity contribution >= 4 is 0 Å². The number of ether oxygens (including phenoxy) is 1. The van der Waals surface area contributed by atoms with Crippen LogP contribution in [0.5, 0.6) is 5.75 Å². The van der Waals surface area contributed by atoms with Crippen molar-refractivity contribution in [2.75, 3.05) is 7.11 Å². The molecule has 21 heavy (non-hydrogen) atoms. The standard InChI is InChI=1S/C16H22N4O/c1-11-6-18-15(12(2)16(11)21-3)10-20-9-13(8-19-20)7-17-14-4-5-14/h6,8-9,14,17H,4-5,7,10H2,1-3H3. The molecule has 5 heteroatoms. The van der Waals surface area contributed by atoms with Gasteiger partial charge in [0.1, 0.15) is 5.75 Å². The maximum absolute atomic E-state index is 5.45. The molecule has 0 aliphatic heterocycles. The van der Waals surface area contributed by atoms with Crippen molar-refractivity contribution in [3.8, 4) is 5.75 Å². The van der Waals surface area contributed by atoms with Gasteiger partial charge in [0, 0.05) is 41.7 Å². The third-order valence-electron chi connectivity index (χ3n) is 3.92. The number of pyridine rings is 1. The Morgan fingerprint density at radius 2 is 2.14 bits per heavy atom. The lowest BCUT2D eigenvalue weighted by Crippen LogP contribution is -2.14. The maximum Gasteiger partial charge on any atom is 0.128 e. The smallest absolute Gasteiger partial charge is 0.128 e. The van der Waals surface area contributed by atoms with Crippen LogP contribution >= 0.6 is 0 Å². The van der Waals surface area contributed by atoms with E-state index in [4.69, 9.17) is 4.74 Å². The average molecular weight is 286 g/mol. The van der Waals surface area contributed by atoms with Crippen molar-refractivity contribution in [1.82, 2.24) is 20.1 Å². The molecule has 0 spiro atoms. The highest BCUT2D eigenvalue weighted by Crippen LogP contribution is 2.24. The molecule has 2 aromatic rings. The molecule has 0 bridgehead atoms. The van der Waals surface area contributed by atoms with E-state index in [1.54, 1.807) is 7.11 Å². The Labute approximate surface area is 125 Å². The number of aryl methyl sites for hydroxylation is 1. The third-order valence-corrected chi connectivity index (χ3v) is 3.92. The molecule has 0 unspecified atom stereocenters. The average Bonchev–Trinajstić information content (AvgIpc) is 3.20. The van der Waals surface area contributed by atoms with Crippen molar-refractivity contribution in [1.29, 1.82) is 0 Å². The fourth-order valence-corrected chi connectivity index (χ4v) is 2.52. The van der Waals surface area contributed by atoms with Gasteiger partial charge in [-0.2, -0.15) is 5.10 Å². The molecular weight excluding hydrogens is 264 g/mol. The van der Waals surface area contributed by atoms with E-state index < -0.39 is 0 Å². The Bertz CT molecular complexity index is 631. The molecule has 5 nitrogen and oxygen atoms in total. The van der Waals surface area contributed by atoms with Crippen LogP contribution < -0.4 is 10.1 Å². The molecule has 1 N–H and O–H groups in total. The number of nitrogens with zero attached hydrogens (tertiary/aromatic N) is 3. The second-order valence-electron chi connectivity index (χ2n) is 5.75. The topological polar surface area (TPSA) is 52.0 Å². The van der Waals surface area contributed by atoms with Gasteiger partial charge in [-0.15, -0.1) is 0 Å². The Hall–Kier alpha value is -1.88. The van der Waals surface area contributed by atoms with Crippen molar-refractivity contribution in [2.45, 2.75) is 45.8 Å². The predicted molar refractivity (Wildman–Crippen MR) is 81.5 cm³/mol. The minimum absolute atomic E-state index is 0.673. The van der Waals surface area contributed by atoms with Gasteiger partial charge in [0.05, 0.1) is 25.5 Å². The zero-order chi connectivity index (χ0) is 14.8. The van der Waals surface area contributed by atoms with Gasteiger partial charge in [0.25, 0.3) is 0 Å². The first-order chi connectivity index (χ1) is 10.2. The number of aromatic nitrogens is 3. The minimum Gasteiger partial charge on any atom is -0.496 e. The zero-order valence-corrected chi connectivity index (χ0v) is 12.9. The summed E-state index contributed by atoms with van der Waals surface area (Å²) in [5.74, 6) is 0.919. The molecule has 0 aromatic carbocycles. The van der Waals surface area contributed by atoms with Crippen molar-refractivity contribution in [3.63, 3.8) is 0 Å². The molecule has 0 atom stereocenters. The Kier molecular flexibility index (Phi) is 3.92. The van der Waals surface area contributed by atoms with E-state index in [1.165, 1.54) is 18.4 Å². The van der Waals surface area contributed by atoms with Crippen LogP contribution in [0.1, 0.15) is 35.2 Å². The van der Waals surface area contributed by atoms with E-state index in [2.05, 4.69) is 21.6 Å². The van der Waals surface area contributed by atoms with Gasteiger partial charge in [-0.1, -0.05) is 0 Å². The fourth-order valence-electron chi connectivity index (χ4n) is 2.52. The second-order valence-corrected chi connectivity index (χ2v) is 5.75. The van der Waals surface area contributed by atoms with Crippen molar-refractivity contribution < 1.29 is 4.74 Å². The molecule has 0 amide bonds. The monoisotopic (exact) mass is 286 g/mol. The number of nitrogens with one attached hydrogen (secondary N) is 1. The minimum atomic E-state index is 0.673. The molecule has 1 saturated carbocycles. The van der Waals surface area contributed by atoms with E-state index in [-0.39, 0.29) is 0 Å². The van der Waals surface area contributed by atoms with Gasteiger partial charge < -0.3 is 10.1 Å². The van der Waals surface area contributed by atoms with Gasteiger partial charge in [-0.25, -0.2) is 0 Å². The molecule has 112 valence electrons. The highest BCUT2D eigenvalue weighted by Gasteiger charge is 2.20. The van der Waals surface area contributed by atoms with Crippen molar-refractivity contribution in [2.24, 2.45) is 0 Å². The molecule has 1 aliphatic rings. The molecule has 2 aromatic heterocycles. The summed E-state index contributed by atoms with van der Waals surface area (Å²) in [7, 11) is 1.70. The summed E-state index contributed by atoms with van der Waals surface area (Å²) in [5, 5.41) is 7.92. The van der Waals surface area contributed by atoms with Crippen LogP contribution in [0.3, 0.4) is 0 Å². The first-order valence-corrected chi connectivity index (χ1v) is 7.41. The van der Waals surface area contributed by atoms with Gasteiger partial charge in [-0.05, 0) is 26.7 Å². The summed E-state index contributed by atoms with van der Waals surface area (Å²) in [5.41, 5.74) is 4.38. The van der Waals surface area contributed by atoms with Crippen LogP contribution in [0.25, 0.3) is 0 Å². The lowest BCUT2D eigenvalue weighted by Gasteiger charge is -2.12. The maximum atomic E-state index is 5.45. The van der Waals surface area contributed by atoms with Crippen LogP contribution in [-0.4, -0.2) is 27.9 Å². The van der Waals surface area contributed by atoms with Gasteiger partial charge in [-0.3, -0.25) is 9.67 Å². The zero-order valence-electron chi connectivity index (χ0n) is 12.9.